The maximum absolute atomic E-state index is 11.1. The molecule has 2 saturated carbocycles. The predicted octanol–water partition coefficient (Wildman–Crippen LogP) is 2.16. The van der Waals surface area contributed by atoms with E-state index in [1.807, 2.05) is 0 Å². The zero-order valence-electron chi connectivity index (χ0n) is 14.4. The van der Waals surface area contributed by atoms with Crippen LogP contribution in [-0.4, -0.2) is 45.9 Å². The Kier molecular flexibility index (Phi) is 3.58. The summed E-state index contributed by atoms with van der Waals surface area (Å²) in [5, 5.41) is 30.7. The Morgan fingerprint density at radius 2 is 1.91 bits per heavy atom. The van der Waals surface area contributed by atoms with Gasteiger partial charge in [-0.1, -0.05) is 6.92 Å². The predicted molar refractivity (Wildman–Crippen MR) is 87.4 cm³/mol. The molecule has 0 radical (unpaired) electrons. The monoisotopic (exact) mass is 318 g/mol. The van der Waals surface area contributed by atoms with E-state index in [1.165, 1.54) is 0 Å². The number of hydrogen-bond acceptors (Lipinski definition) is 4. The first-order valence-electron chi connectivity index (χ1n) is 9.41. The summed E-state index contributed by atoms with van der Waals surface area (Å²) in [5.74, 6) is 1.55. The molecule has 4 heteroatoms. The molecule has 4 nitrogen and oxygen atoms in total. The molecule has 8 unspecified atom stereocenters. The number of nitrogens with zero attached hydrogens (tertiary/aromatic N) is 2. The molecule has 0 aromatic heterocycles. The maximum atomic E-state index is 11.1. The summed E-state index contributed by atoms with van der Waals surface area (Å²) >= 11 is 0. The SMILES string of the molecule is CC12CC(O)C3C(CCN4CC(O)CCC34C)C1CCC2C#N. The number of aliphatic hydroxyl groups is 2. The van der Waals surface area contributed by atoms with Gasteiger partial charge in [-0.15, -0.1) is 0 Å². The molecule has 0 bridgehead atoms. The fraction of sp³-hybridized carbons (Fsp3) is 0.947. The lowest BCUT2D eigenvalue weighted by Crippen LogP contribution is -2.68. The third-order valence-corrected chi connectivity index (χ3v) is 8.19. The molecule has 0 aromatic rings. The Morgan fingerprint density at radius 1 is 1.13 bits per heavy atom. The molecule has 2 aliphatic carbocycles. The van der Waals surface area contributed by atoms with E-state index in [4.69, 9.17) is 0 Å². The van der Waals surface area contributed by atoms with E-state index in [9.17, 15) is 15.5 Å². The number of aliphatic hydroxyl groups excluding tert-OH is 2. The van der Waals surface area contributed by atoms with E-state index in [2.05, 4.69) is 24.8 Å². The van der Waals surface area contributed by atoms with Gasteiger partial charge in [-0.05, 0) is 69.2 Å². The topological polar surface area (TPSA) is 67.5 Å². The lowest BCUT2D eigenvalue weighted by molar-refractivity contribution is -0.176. The summed E-state index contributed by atoms with van der Waals surface area (Å²) in [5.41, 5.74) is 0.0235. The van der Waals surface area contributed by atoms with Crippen molar-refractivity contribution in [2.24, 2.45) is 29.1 Å². The first-order valence-corrected chi connectivity index (χ1v) is 9.41. The molecule has 8 atom stereocenters. The van der Waals surface area contributed by atoms with Crippen LogP contribution in [0.15, 0.2) is 0 Å². The average molecular weight is 318 g/mol. The zero-order chi connectivity index (χ0) is 16.4. The normalized spacial score (nSPS) is 56.3. The van der Waals surface area contributed by atoms with Gasteiger partial charge in [0.05, 0.1) is 24.2 Å². The third-order valence-electron chi connectivity index (χ3n) is 8.19. The second-order valence-electron chi connectivity index (χ2n) is 9.12. The Hall–Kier alpha value is -0.630. The molecule has 0 aromatic carbocycles. The standard InChI is InChI=1S/C19H30N2O2/c1-18-9-16(23)17-14(15(18)4-3-12(18)10-20)6-8-21-11-13(22)5-7-19(17,21)2/h12-17,22-23H,3-9,11H2,1-2H3. The van der Waals surface area contributed by atoms with Crippen molar-refractivity contribution < 1.29 is 10.2 Å². The molecule has 4 fully saturated rings. The van der Waals surface area contributed by atoms with Crippen LogP contribution in [0, 0.1) is 40.4 Å². The summed E-state index contributed by atoms with van der Waals surface area (Å²) in [6.07, 6.45) is 5.38. The summed E-state index contributed by atoms with van der Waals surface area (Å²) < 4.78 is 0. The molecule has 2 aliphatic heterocycles. The van der Waals surface area contributed by atoms with Crippen molar-refractivity contribution in [3.05, 3.63) is 0 Å². The number of piperidine rings is 2. The van der Waals surface area contributed by atoms with Crippen LogP contribution in [0.2, 0.25) is 0 Å². The van der Waals surface area contributed by atoms with Crippen LogP contribution in [0.4, 0.5) is 0 Å². The van der Waals surface area contributed by atoms with E-state index in [1.54, 1.807) is 0 Å². The van der Waals surface area contributed by atoms with Gasteiger partial charge in [0.2, 0.25) is 0 Å². The summed E-state index contributed by atoms with van der Waals surface area (Å²) in [6.45, 7) is 6.37. The molecule has 2 saturated heterocycles. The summed E-state index contributed by atoms with van der Waals surface area (Å²) in [4.78, 5) is 2.45. The third kappa shape index (κ3) is 2.06. The van der Waals surface area contributed by atoms with Gasteiger partial charge in [0.15, 0.2) is 0 Å². The molecule has 2 N–H and O–H groups in total. The number of fused-ring (bicyclic) bond motifs is 5. The summed E-state index contributed by atoms with van der Waals surface area (Å²) in [6, 6.07) is 2.54. The molecule has 2 heterocycles. The Balaban J connectivity index is 1.68. The molecule has 4 rings (SSSR count). The van der Waals surface area contributed by atoms with Gasteiger partial charge >= 0.3 is 0 Å². The van der Waals surface area contributed by atoms with E-state index in [-0.39, 0.29) is 29.1 Å². The molecule has 0 amide bonds. The number of β-amino-alcohol motifs (C(OH)–C–C–N with tert-alkyl or cyclic N) is 1. The molecule has 128 valence electrons. The van der Waals surface area contributed by atoms with Crippen molar-refractivity contribution in [3.8, 4) is 6.07 Å². The minimum absolute atomic E-state index is 0.00203. The van der Waals surface area contributed by atoms with Crippen LogP contribution in [0.5, 0.6) is 0 Å². The largest absolute Gasteiger partial charge is 0.393 e. The van der Waals surface area contributed by atoms with Crippen LogP contribution in [0.1, 0.15) is 52.4 Å². The molecule has 0 spiro atoms. The average Bonchev–Trinajstić information content (AvgIpc) is 2.83. The first-order chi connectivity index (χ1) is 10.9. The van der Waals surface area contributed by atoms with Gasteiger partial charge in [-0.3, -0.25) is 4.90 Å². The van der Waals surface area contributed by atoms with Crippen LogP contribution in [0.25, 0.3) is 0 Å². The first kappa shape index (κ1) is 15.9. The minimum atomic E-state index is -0.307. The fourth-order valence-electron chi connectivity index (χ4n) is 7.04. The maximum Gasteiger partial charge on any atom is 0.0668 e. The van der Waals surface area contributed by atoms with Crippen LogP contribution >= 0.6 is 0 Å². The van der Waals surface area contributed by atoms with Crippen molar-refractivity contribution in [2.75, 3.05) is 13.1 Å². The van der Waals surface area contributed by atoms with E-state index >= 15 is 0 Å². The number of hydrogen-bond donors (Lipinski definition) is 2. The van der Waals surface area contributed by atoms with Gasteiger partial charge in [0.1, 0.15) is 0 Å². The van der Waals surface area contributed by atoms with Gasteiger partial charge in [-0.25, -0.2) is 0 Å². The van der Waals surface area contributed by atoms with Crippen molar-refractivity contribution in [1.82, 2.24) is 4.90 Å². The molecular formula is C19H30N2O2. The quantitative estimate of drug-likeness (QED) is 0.718. The van der Waals surface area contributed by atoms with Gasteiger partial charge < -0.3 is 10.2 Å². The summed E-state index contributed by atoms with van der Waals surface area (Å²) in [7, 11) is 0. The molecular weight excluding hydrogens is 288 g/mol. The lowest BCUT2D eigenvalue weighted by atomic mass is 9.50. The smallest absolute Gasteiger partial charge is 0.0668 e. The number of rotatable bonds is 0. The van der Waals surface area contributed by atoms with Gasteiger partial charge in [0, 0.05) is 18.0 Å². The van der Waals surface area contributed by atoms with Crippen molar-refractivity contribution in [3.63, 3.8) is 0 Å². The van der Waals surface area contributed by atoms with Crippen LogP contribution in [0.3, 0.4) is 0 Å². The highest BCUT2D eigenvalue weighted by molar-refractivity contribution is 5.16. The second kappa shape index (κ2) is 5.18. The minimum Gasteiger partial charge on any atom is -0.393 e. The Morgan fingerprint density at radius 3 is 2.65 bits per heavy atom. The van der Waals surface area contributed by atoms with E-state index in [0.717, 1.165) is 51.6 Å². The highest BCUT2D eigenvalue weighted by Gasteiger charge is 2.62. The van der Waals surface area contributed by atoms with Gasteiger partial charge in [0.25, 0.3) is 0 Å². The highest BCUT2D eigenvalue weighted by Crippen LogP contribution is 2.63. The Bertz CT molecular complexity index is 532. The zero-order valence-corrected chi connectivity index (χ0v) is 14.4. The van der Waals surface area contributed by atoms with Crippen molar-refractivity contribution in [2.45, 2.75) is 70.1 Å². The van der Waals surface area contributed by atoms with E-state index in [0.29, 0.717) is 17.8 Å². The van der Waals surface area contributed by atoms with Crippen LogP contribution in [-0.2, 0) is 0 Å². The van der Waals surface area contributed by atoms with Crippen LogP contribution < -0.4 is 0 Å². The van der Waals surface area contributed by atoms with Crippen molar-refractivity contribution >= 4 is 0 Å². The lowest BCUT2D eigenvalue weighted by Gasteiger charge is -2.63. The fourth-order valence-corrected chi connectivity index (χ4v) is 7.04. The molecule has 4 aliphatic rings. The van der Waals surface area contributed by atoms with E-state index < -0.39 is 0 Å². The van der Waals surface area contributed by atoms with Gasteiger partial charge in [-0.2, -0.15) is 5.26 Å². The van der Waals surface area contributed by atoms with Crippen molar-refractivity contribution in [1.29, 1.82) is 5.26 Å². The molecule has 23 heavy (non-hydrogen) atoms. The second-order valence-corrected chi connectivity index (χ2v) is 9.12. The highest BCUT2D eigenvalue weighted by atomic mass is 16.3. The number of nitriles is 1. The Labute approximate surface area is 139 Å².